The monoisotopic (exact) mass is 458 g/mol. The SMILES string of the molecule is Cc1ccc(-n2c(SC(C(=O)NC3CC3)c3ccccc3)nnc2-c2ccccc2F)cc1. The number of thioether (sulfide) groups is 1. The number of halogens is 1. The van der Waals surface area contributed by atoms with Gasteiger partial charge in [0, 0.05) is 11.7 Å². The summed E-state index contributed by atoms with van der Waals surface area (Å²) in [5, 5.41) is 11.9. The van der Waals surface area contributed by atoms with Crippen molar-refractivity contribution in [2.24, 2.45) is 0 Å². The predicted molar refractivity (Wildman–Crippen MR) is 128 cm³/mol. The molecule has 166 valence electrons. The zero-order chi connectivity index (χ0) is 22.8. The van der Waals surface area contributed by atoms with E-state index in [1.54, 1.807) is 18.2 Å². The fraction of sp³-hybridized carbons (Fsp3) is 0.192. The summed E-state index contributed by atoms with van der Waals surface area (Å²) in [6, 6.07) is 24.3. The number of rotatable bonds is 7. The summed E-state index contributed by atoms with van der Waals surface area (Å²) < 4.78 is 16.5. The first-order chi connectivity index (χ1) is 16.1. The molecule has 7 heteroatoms. The van der Waals surface area contributed by atoms with Crippen molar-refractivity contribution in [3.8, 4) is 17.1 Å². The zero-order valence-corrected chi connectivity index (χ0v) is 18.9. The Kier molecular flexibility index (Phi) is 5.96. The average molecular weight is 459 g/mol. The Morgan fingerprint density at radius 1 is 1.00 bits per heavy atom. The van der Waals surface area contributed by atoms with Crippen molar-refractivity contribution in [1.29, 1.82) is 0 Å². The summed E-state index contributed by atoms with van der Waals surface area (Å²) in [4.78, 5) is 13.2. The Hall–Kier alpha value is -3.45. The molecule has 1 atom stereocenters. The number of carbonyl (C=O) groups is 1. The highest BCUT2D eigenvalue weighted by Crippen LogP contribution is 2.38. The number of hydrogen-bond acceptors (Lipinski definition) is 4. The highest BCUT2D eigenvalue weighted by Gasteiger charge is 2.31. The maximum atomic E-state index is 14.7. The third kappa shape index (κ3) is 4.68. The fourth-order valence-electron chi connectivity index (χ4n) is 3.60. The third-order valence-corrected chi connectivity index (χ3v) is 6.72. The van der Waals surface area contributed by atoms with E-state index in [1.807, 2.05) is 66.1 Å². The second-order valence-corrected chi connectivity index (χ2v) is 9.22. The van der Waals surface area contributed by atoms with Crippen LogP contribution in [0.4, 0.5) is 4.39 Å². The molecular weight excluding hydrogens is 435 g/mol. The molecule has 1 amide bonds. The maximum absolute atomic E-state index is 14.7. The van der Waals surface area contributed by atoms with E-state index in [0.29, 0.717) is 16.5 Å². The molecule has 0 bridgehead atoms. The lowest BCUT2D eigenvalue weighted by atomic mass is 10.1. The van der Waals surface area contributed by atoms with E-state index in [4.69, 9.17) is 0 Å². The Morgan fingerprint density at radius 3 is 2.39 bits per heavy atom. The Labute approximate surface area is 196 Å². The molecule has 1 aliphatic rings. The smallest absolute Gasteiger partial charge is 0.238 e. The lowest BCUT2D eigenvalue weighted by Crippen LogP contribution is -2.29. The van der Waals surface area contributed by atoms with Crippen molar-refractivity contribution >= 4 is 17.7 Å². The summed E-state index contributed by atoms with van der Waals surface area (Å²) in [5.41, 5.74) is 3.16. The minimum atomic E-state index is -0.506. The van der Waals surface area contributed by atoms with E-state index in [2.05, 4.69) is 15.5 Å². The van der Waals surface area contributed by atoms with Gasteiger partial charge in [0.15, 0.2) is 11.0 Å². The lowest BCUT2D eigenvalue weighted by molar-refractivity contribution is -0.120. The molecular formula is C26H23FN4OS. The maximum Gasteiger partial charge on any atom is 0.238 e. The highest BCUT2D eigenvalue weighted by atomic mass is 32.2. The number of nitrogens with zero attached hydrogens (tertiary/aromatic N) is 3. The van der Waals surface area contributed by atoms with E-state index in [-0.39, 0.29) is 17.8 Å². The second kappa shape index (κ2) is 9.19. The van der Waals surface area contributed by atoms with Crippen LogP contribution in [-0.2, 0) is 4.79 Å². The van der Waals surface area contributed by atoms with Gasteiger partial charge in [0.2, 0.25) is 5.91 Å². The van der Waals surface area contributed by atoms with Gasteiger partial charge in [-0.2, -0.15) is 0 Å². The Balaban J connectivity index is 1.59. The summed E-state index contributed by atoms with van der Waals surface area (Å²) in [5.74, 6) is -0.0330. The van der Waals surface area contributed by atoms with Crippen LogP contribution in [-0.4, -0.2) is 26.7 Å². The largest absolute Gasteiger partial charge is 0.352 e. The van der Waals surface area contributed by atoms with E-state index in [9.17, 15) is 9.18 Å². The Bertz CT molecular complexity index is 1270. The first-order valence-electron chi connectivity index (χ1n) is 10.9. The third-order valence-electron chi connectivity index (χ3n) is 5.53. The van der Waals surface area contributed by atoms with Crippen molar-refractivity contribution in [3.63, 3.8) is 0 Å². The van der Waals surface area contributed by atoms with Crippen molar-refractivity contribution in [2.75, 3.05) is 0 Å². The van der Waals surface area contributed by atoms with Crippen LogP contribution >= 0.6 is 11.8 Å². The number of nitrogens with one attached hydrogen (secondary N) is 1. The normalized spacial score (nSPS) is 14.1. The minimum Gasteiger partial charge on any atom is -0.352 e. The average Bonchev–Trinajstić information content (AvgIpc) is 3.55. The predicted octanol–water partition coefficient (Wildman–Crippen LogP) is 5.49. The molecule has 33 heavy (non-hydrogen) atoms. The van der Waals surface area contributed by atoms with Crippen LogP contribution in [0.3, 0.4) is 0 Å². The fourth-order valence-corrected chi connectivity index (χ4v) is 4.66. The number of aromatic nitrogens is 3. The first-order valence-corrected chi connectivity index (χ1v) is 11.8. The number of hydrogen-bond donors (Lipinski definition) is 1. The summed E-state index contributed by atoms with van der Waals surface area (Å²) in [7, 11) is 0. The van der Waals surface area contributed by atoms with E-state index in [1.165, 1.54) is 17.8 Å². The molecule has 1 unspecified atom stereocenters. The molecule has 5 nitrogen and oxygen atoms in total. The van der Waals surface area contributed by atoms with Crippen LogP contribution < -0.4 is 5.32 Å². The molecule has 1 fully saturated rings. The highest BCUT2D eigenvalue weighted by molar-refractivity contribution is 8.00. The molecule has 0 radical (unpaired) electrons. The number of aryl methyl sites for hydroxylation is 1. The number of amides is 1. The van der Waals surface area contributed by atoms with Gasteiger partial charge in [0.05, 0.1) is 5.56 Å². The molecule has 1 heterocycles. The van der Waals surface area contributed by atoms with Gasteiger partial charge >= 0.3 is 0 Å². The molecule has 1 saturated carbocycles. The first kappa shape index (κ1) is 21.4. The van der Waals surface area contributed by atoms with Gasteiger partial charge in [0.1, 0.15) is 11.1 Å². The molecule has 1 aromatic heterocycles. The molecule has 3 aromatic carbocycles. The van der Waals surface area contributed by atoms with Crippen molar-refractivity contribution in [1.82, 2.24) is 20.1 Å². The van der Waals surface area contributed by atoms with E-state index in [0.717, 1.165) is 29.7 Å². The van der Waals surface area contributed by atoms with Crippen LogP contribution in [0.5, 0.6) is 0 Å². The second-order valence-electron chi connectivity index (χ2n) is 8.15. The molecule has 0 aliphatic heterocycles. The van der Waals surface area contributed by atoms with Crippen LogP contribution in [0, 0.1) is 12.7 Å². The molecule has 1 aliphatic carbocycles. The van der Waals surface area contributed by atoms with Crippen LogP contribution in [0.15, 0.2) is 84.0 Å². The molecule has 1 N–H and O–H groups in total. The van der Waals surface area contributed by atoms with Gasteiger partial charge in [-0.15, -0.1) is 10.2 Å². The topological polar surface area (TPSA) is 59.8 Å². The summed E-state index contributed by atoms with van der Waals surface area (Å²) in [6.45, 7) is 2.01. The van der Waals surface area contributed by atoms with Gasteiger partial charge in [0.25, 0.3) is 0 Å². The van der Waals surface area contributed by atoms with Gasteiger partial charge < -0.3 is 5.32 Å². The molecule has 4 aromatic rings. The van der Waals surface area contributed by atoms with Gasteiger partial charge in [-0.25, -0.2) is 4.39 Å². The summed E-state index contributed by atoms with van der Waals surface area (Å²) in [6.07, 6.45) is 2.02. The quantitative estimate of drug-likeness (QED) is 0.372. The molecule has 0 spiro atoms. The van der Waals surface area contributed by atoms with Crippen LogP contribution in [0.2, 0.25) is 0 Å². The van der Waals surface area contributed by atoms with Crippen molar-refractivity contribution in [2.45, 2.75) is 36.2 Å². The van der Waals surface area contributed by atoms with Crippen molar-refractivity contribution in [3.05, 3.63) is 95.8 Å². The summed E-state index contributed by atoms with van der Waals surface area (Å²) >= 11 is 1.32. The standard InChI is InChI=1S/C26H23FN4OS/c1-17-11-15-20(16-12-17)31-24(21-9-5-6-10-22(21)27)29-30-26(31)33-23(18-7-3-2-4-8-18)25(32)28-19-13-14-19/h2-12,15-16,19,23H,13-14H2,1H3,(H,28,32). The van der Waals surface area contributed by atoms with E-state index < -0.39 is 5.25 Å². The Morgan fingerprint density at radius 2 is 1.70 bits per heavy atom. The van der Waals surface area contributed by atoms with Crippen LogP contribution in [0.1, 0.15) is 29.2 Å². The number of carbonyl (C=O) groups excluding carboxylic acids is 1. The zero-order valence-electron chi connectivity index (χ0n) is 18.1. The van der Waals surface area contributed by atoms with Crippen LogP contribution in [0.25, 0.3) is 17.1 Å². The van der Waals surface area contributed by atoms with Crippen molar-refractivity contribution < 1.29 is 9.18 Å². The van der Waals surface area contributed by atoms with E-state index >= 15 is 0 Å². The molecule has 0 saturated heterocycles. The lowest BCUT2D eigenvalue weighted by Gasteiger charge is -2.18. The van der Waals surface area contributed by atoms with Gasteiger partial charge in [-0.3, -0.25) is 9.36 Å². The van der Waals surface area contributed by atoms with Gasteiger partial charge in [-0.05, 0) is 49.6 Å². The van der Waals surface area contributed by atoms with Gasteiger partial charge in [-0.1, -0.05) is 71.9 Å². The number of benzene rings is 3. The minimum absolute atomic E-state index is 0.0559. The molecule has 5 rings (SSSR count).